The molecular formula is C17H20N2O2. The zero-order chi connectivity index (χ0) is 15.2. The van der Waals surface area contributed by atoms with Gasteiger partial charge < -0.3 is 15.8 Å². The van der Waals surface area contributed by atoms with Crippen LogP contribution in [-0.2, 0) is 11.2 Å². The van der Waals surface area contributed by atoms with Crippen molar-refractivity contribution in [3.63, 3.8) is 0 Å². The molecule has 0 spiro atoms. The average Bonchev–Trinajstić information content (AvgIpc) is 2.49. The van der Waals surface area contributed by atoms with Gasteiger partial charge in [-0.3, -0.25) is 4.79 Å². The van der Waals surface area contributed by atoms with E-state index in [0.717, 1.165) is 12.0 Å². The Morgan fingerprint density at radius 1 is 1.19 bits per heavy atom. The number of carbonyl (C=O) groups is 1. The number of amides is 1. The van der Waals surface area contributed by atoms with Crippen LogP contribution in [0.15, 0.2) is 42.5 Å². The minimum absolute atomic E-state index is 0.0281. The summed E-state index contributed by atoms with van der Waals surface area (Å²) in [6.45, 7) is 3.98. The molecule has 110 valence electrons. The Morgan fingerprint density at radius 2 is 1.90 bits per heavy atom. The van der Waals surface area contributed by atoms with Crippen LogP contribution in [-0.4, -0.2) is 12.5 Å². The third-order valence-electron chi connectivity index (χ3n) is 3.24. The van der Waals surface area contributed by atoms with Gasteiger partial charge in [0.05, 0.1) is 0 Å². The Bertz CT molecular complexity index is 621. The van der Waals surface area contributed by atoms with Crippen molar-refractivity contribution in [2.75, 3.05) is 17.7 Å². The van der Waals surface area contributed by atoms with Crippen LogP contribution < -0.4 is 15.8 Å². The van der Waals surface area contributed by atoms with E-state index < -0.39 is 0 Å². The molecule has 21 heavy (non-hydrogen) atoms. The standard InChI is InChI=1S/C17H20N2O2/c1-3-13-5-8-15(9-6-13)21-11-17(20)19-16-10-14(18)7-4-12(16)2/h4-10H,3,11,18H2,1-2H3,(H,19,20). The fraction of sp³-hybridized carbons (Fsp3) is 0.235. The van der Waals surface area contributed by atoms with Gasteiger partial charge in [0.25, 0.3) is 5.91 Å². The lowest BCUT2D eigenvalue weighted by Gasteiger charge is -2.10. The quantitative estimate of drug-likeness (QED) is 0.829. The second-order valence-electron chi connectivity index (χ2n) is 4.91. The second kappa shape index (κ2) is 6.79. The molecule has 2 rings (SSSR count). The van der Waals surface area contributed by atoms with Gasteiger partial charge in [-0.2, -0.15) is 0 Å². The third-order valence-corrected chi connectivity index (χ3v) is 3.24. The number of nitrogens with two attached hydrogens (primary N) is 1. The molecule has 0 bridgehead atoms. The maximum absolute atomic E-state index is 11.9. The summed E-state index contributed by atoms with van der Waals surface area (Å²) in [5, 5.41) is 2.80. The molecule has 0 aromatic heterocycles. The average molecular weight is 284 g/mol. The smallest absolute Gasteiger partial charge is 0.262 e. The van der Waals surface area contributed by atoms with Gasteiger partial charge >= 0.3 is 0 Å². The van der Waals surface area contributed by atoms with E-state index in [4.69, 9.17) is 10.5 Å². The largest absolute Gasteiger partial charge is 0.484 e. The lowest BCUT2D eigenvalue weighted by Crippen LogP contribution is -2.20. The van der Waals surface area contributed by atoms with E-state index >= 15 is 0 Å². The van der Waals surface area contributed by atoms with Crippen LogP contribution >= 0.6 is 0 Å². The molecular weight excluding hydrogens is 264 g/mol. The van der Waals surface area contributed by atoms with Crippen LogP contribution in [0.5, 0.6) is 5.75 Å². The van der Waals surface area contributed by atoms with E-state index in [1.165, 1.54) is 5.56 Å². The van der Waals surface area contributed by atoms with Gasteiger partial charge in [0.1, 0.15) is 5.75 Å². The minimum atomic E-state index is -0.205. The molecule has 0 saturated heterocycles. The summed E-state index contributed by atoms with van der Waals surface area (Å²) in [4.78, 5) is 11.9. The van der Waals surface area contributed by atoms with Crippen molar-refractivity contribution in [2.24, 2.45) is 0 Å². The van der Waals surface area contributed by atoms with Gasteiger partial charge in [0.2, 0.25) is 0 Å². The Hall–Kier alpha value is -2.49. The van der Waals surface area contributed by atoms with E-state index in [9.17, 15) is 4.79 Å². The van der Waals surface area contributed by atoms with Crippen LogP contribution in [0.3, 0.4) is 0 Å². The second-order valence-corrected chi connectivity index (χ2v) is 4.91. The number of nitrogen functional groups attached to an aromatic ring is 1. The SMILES string of the molecule is CCc1ccc(OCC(=O)Nc2cc(N)ccc2C)cc1. The van der Waals surface area contributed by atoms with Gasteiger partial charge in [-0.15, -0.1) is 0 Å². The number of nitrogens with one attached hydrogen (secondary N) is 1. The molecule has 0 radical (unpaired) electrons. The maximum atomic E-state index is 11.9. The number of aryl methyl sites for hydroxylation is 2. The van der Waals surface area contributed by atoms with Crippen molar-refractivity contribution in [3.05, 3.63) is 53.6 Å². The number of carbonyl (C=O) groups excluding carboxylic acids is 1. The summed E-state index contributed by atoms with van der Waals surface area (Å²) in [6, 6.07) is 13.1. The zero-order valence-corrected chi connectivity index (χ0v) is 12.3. The maximum Gasteiger partial charge on any atom is 0.262 e. The Balaban J connectivity index is 1.91. The predicted molar refractivity (Wildman–Crippen MR) is 85.5 cm³/mol. The summed E-state index contributed by atoms with van der Waals surface area (Å²) >= 11 is 0. The lowest BCUT2D eigenvalue weighted by molar-refractivity contribution is -0.118. The molecule has 0 aliphatic carbocycles. The Kier molecular flexibility index (Phi) is 4.82. The molecule has 0 aliphatic rings. The first-order valence-electron chi connectivity index (χ1n) is 6.96. The number of benzene rings is 2. The fourth-order valence-electron chi connectivity index (χ4n) is 1.93. The molecule has 0 fully saturated rings. The Morgan fingerprint density at radius 3 is 2.57 bits per heavy atom. The molecule has 0 atom stereocenters. The topological polar surface area (TPSA) is 64.3 Å². The molecule has 4 heteroatoms. The summed E-state index contributed by atoms with van der Waals surface area (Å²) in [5.74, 6) is 0.481. The molecule has 0 saturated carbocycles. The monoisotopic (exact) mass is 284 g/mol. The molecule has 0 unspecified atom stereocenters. The highest BCUT2D eigenvalue weighted by Gasteiger charge is 2.06. The highest BCUT2D eigenvalue weighted by atomic mass is 16.5. The van der Waals surface area contributed by atoms with Gasteiger partial charge in [-0.05, 0) is 48.7 Å². The van der Waals surface area contributed by atoms with Crippen molar-refractivity contribution < 1.29 is 9.53 Å². The molecule has 2 aromatic carbocycles. The van der Waals surface area contributed by atoms with Crippen LogP contribution in [0.25, 0.3) is 0 Å². The highest BCUT2D eigenvalue weighted by molar-refractivity contribution is 5.93. The van der Waals surface area contributed by atoms with Crippen molar-refractivity contribution in [2.45, 2.75) is 20.3 Å². The first kappa shape index (κ1) is 14.9. The molecule has 2 aromatic rings. The number of anilines is 2. The predicted octanol–water partition coefficient (Wildman–Crippen LogP) is 3.16. The number of rotatable bonds is 5. The van der Waals surface area contributed by atoms with Gasteiger partial charge in [0.15, 0.2) is 6.61 Å². The van der Waals surface area contributed by atoms with Crippen molar-refractivity contribution in [1.82, 2.24) is 0 Å². The van der Waals surface area contributed by atoms with Crippen LogP contribution in [0.1, 0.15) is 18.1 Å². The van der Waals surface area contributed by atoms with E-state index in [-0.39, 0.29) is 12.5 Å². The van der Waals surface area contributed by atoms with E-state index in [1.807, 2.05) is 37.3 Å². The first-order valence-corrected chi connectivity index (χ1v) is 6.96. The normalized spacial score (nSPS) is 10.2. The zero-order valence-electron chi connectivity index (χ0n) is 12.3. The lowest BCUT2D eigenvalue weighted by atomic mass is 10.2. The van der Waals surface area contributed by atoms with Crippen LogP contribution in [0.2, 0.25) is 0 Å². The highest BCUT2D eigenvalue weighted by Crippen LogP contribution is 2.18. The fourth-order valence-corrected chi connectivity index (χ4v) is 1.93. The number of ether oxygens (including phenoxy) is 1. The van der Waals surface area contributed by atoms with Crippen molar-refractivity contribution in [1.29, 1.82) is 0 Å². The van der Waals surface area contributed by atoms with Crippen LogP contribution in [0.4, 0.5) is 11.4 Å². The minimum Gasteiger partial charge on any atom is -0.484 e. The number of hydrogen-bond acceptors (Lipinski definition) is 3. The van der Waals surface area contributed by atoms with E-state index in [1.54, 1.807) is 12.1 Å². The summed E-state index contributed by atoms with van der Waals surface area (Å²) in [5.41, 5.74) is 9.24. The summed E-state index contributed by atoms with van der Waals surface area (Å²) < 4.78 is 5.47. The summed E-state index contributed by atoms with van der Waals surface area (Å²) in [7, 11) is 0. The molecule has 4 nitrogen and oxygen atoms in total. The van der Waals surface area contributed by atoms with Gasteiger partial charge in [-0.1, -0.05) is 25.1 Å². The summed E-state index contributed by atoms with van der Waals surface area (Å²) in [6.07, 6.45) is 0.982. The van der Waals surface area contributed by atoms with Crippen molar-refractivity contribution in [3.8, 4) is 5.75 Å². The molecule has 1 amide bonds. The van der Waals surface area contributed by atoms with E-state index in [0.29, 0.717) is 17.1 Å². The molecule has 0 heterocycles. The Labute approximate surface area is 124 Å². The van der Waals surface area contributed by atoms with E-state index in [2.05, 4.69) is 12.2 Å². The third kappa shape index (κ3) is 4.24. The van der Waals surface area contributed by atoms with Gasteiger partial charge in [-0.25, -0.2) is 0 Å². The first-order chi connectivity index (χ1) is 10.1. The molecule has 3 N–H and O–H groups in total. The van der Waals surface area contributed by atoms with Crippen LogP contribution in [0, 0.1) is 6.92 Å². The molecule has 0 aliphatic heterocycles. The number of hydrogen-bond donors (Lipinski definition) is 2. The van der Waals surface area contributed by atoms with Crippen molar-refractivity contribution >= 4 is 17.3 Å². The van der Waals surface area contributed by atoms with Gasteiger partial charge in [0, 0.05) is 11.4 Å².